The van der Waals surface area contributed by atoms with Crippen molar-refractivity contribution in [2.45, 2.75) is 11.7 Å². The van der Waals surface area contributed by atoms with E-state index in [4.69, 9.17) is 28.9 Å². The second kappa shape index (κ2) is 6.98. The van der Waals surface area contributed by atoms with E-state index in [2.05, 4.69) is 16.8 Å². The van der Waals surface area contributed by atoms with Crippen LogP contribution in [-0.4, -0.2) is 26.4 Å². The van der Waals surface area contributed by atoms with Gasteiger partial charge < -0.3 is 5.73 Å². The van der Waals surface area contributed by atoms with Gasteiger partial charge in [-0.05, 0) is 18.2 Å². The van der Waals surface area contributed by atoms with Crippen molar-refractivity contribution in [3.8, 4) is 11.4 Å². The highest BCUT2D eigenvalue weighted by atomic mass is 35.5. The highest BCUT2D eigenvalue weighted by Gasteiger charge is 2.16. The molecule has 1 aromatic carbocycles. The molecule has 0 atom stereocenters. The third-order valence-corrected chi connectivity index (χ3v) is 4.08. The Bertz CT molecular complexity index is 687. The molecule has 110 valence electrons. The van der Waals surface area contributed by atoms with Crippen molar-refractivity contribution >= 4 is 40.9 Å². The monoisotopic (exact) mass is 342 g/mol. The first-order valence-electron chi connectivity index (χ1n) is 5.93. The quantitative estimate of drug-likeness (QED) is 0.646. The minimum Gasteiger partial charge on any atom is -0.369 e. The van der Waals surface area contributed by atoms with Gasteiger partial charge >= 0.3 is 0 Å². The van der Waals surface area contributed by atoms with Crippen molar-refractivity contribution in [2.75, 3.05) is 5.75 Å². The summed E-state index contributed by atoms with van der Waals surface area (Å²) in [7, 11) is 0. The van der Waals surface area contributed by atoms with Crippen LogP contribution in [0, 0.1) is 0 Å². The maximum Gasteiger partial charge on any atom is 0.227 e. The van der Waals surface area contributed by atoms with Crippen molar-refractivity contribution in [3.63, 3.8) is 0 Å². The third kappa shape index (κ3) is 3.78. The number of allylic oxidation sites excluding steroid dienone is 1. The van der Waals surface area contributed by atoms with Crippen molar-refractivity contribution in [1.82, 2.24) is 14.8 Å². The molecule has 21 heavy (non-hydrogen) atoms. The molecule has 1 heterocycles. The number of primary amides is 1. The molecule has 0 aliphatic rings. The van der Waals surface area contributed by atoms with Gasteiger partial charge in [0.2, 0.25) is 5.91 Å². The summed E-state index contributed by atoms with van der Waals surface area (Å²) in [6, 6.07) is 5.14. The van der Waals surface area contributed by atoms with E-state index in [-0.39, 0.29) is 5.75 Å². The lowest BCUT2D eigenvalue weighted by atomic mass is 10.2. The molecule has 0 saturated heterocycles. The molecule has 0 saturated carbocycles. The van der Waals surface area contributed by atoms with Crippen molar-refractivity contribution in [2.24, 2.45) is 5.73 Å². The summed E-state index contributed by atoms with van der Waals surface area (Å²) in [6.45, 7) is 4.20. The van der Waals surface area contributed by atoms with Crippen LogP contribution in [0.3, 0.4) is 0 Å². The van der Waals surface area contributed by atoms with Crippen LogP contribution in [0.15, 0.2) is 36.0 Å². The number of hydrogen-bond acceptors (Lipinski definition) is 4. The van der Waals surface area contributed by atoms with E-state index < -0.39 is 5.91 Å². The van der Waals surface area contributed by atoms with Gasteiger partial charge in [0.1, 0.15) is 0 Å². The summed E-state index contributed by atoms with van der Waals surface area (Å²) in [5.41, 5.74) is 5.86. The molecule has 0 aliphatic carbocycles. The van der Waals surface area contributed by atoms with Crippen LogP contribution in [0.1, 0.15) is 0 Å². The fraction of sp³-hybridized carbons (Fsp3) is 0.154. The highest BCUT2D eigenvalue weighted by molar-refractivity contribution is 7.99. The Morgan fingerprint density at radius 1 is 1.43 bits per heavy atom. The number of amides is 1. The van der Waals surface area contributed by atoms with Gasteiger partial charge in [-0.15, -0.1) is 16.8 Å². The number of benzene rings is 1. The van der Waals surface area contributed by atoms with Crippen LogP contribution < -0.4 is 5.73 Å². The minimum absolute atomic E-state index is 0.129. The molecule has 8 heteroatoms. The van der Waals surface area contributed by atoms with Crippen LogP contribution in [0.25, 0.3) is 11.4 Å². The average molecular weight is 343 g/mol. The summed E-state index contributed by atoms with van der Waals surface area (Å²) < 4.78 is 1.82. The second-order valence-electron chi connectivity index (χ2n) is 4.08. The number of halogens is 2. The first-order chi connectivity index (χ1) is 10.0. The number of nitrogens with two attached hydrogens (primary N) is 1. The molecule has 5 nitrogen and oxygen atoms in total. The Balaban J connectivity index is 2.43. The largest absolute Gasteiger partial charge is 0.369 e. The predicted octanol–water partition coefficient (Wildman–Crippen LogP) is 3.02. The van der Waals surface area contributed by atoms with Crippen LogP contribution in [-0.2, 0) is 11.3 Å². The number of hydrogen-bond donors (Lipinski definition) is 1. The molecule has 0 radical (unpaired) electrons. The van der Waals surface area contributed by atoms with Gasteiger partial charge in [0.05, 0.1) is 10.8 Å². The van der Waals surface area contributed by atoms with Crippen molar-refractivity contribution in [1.29, 1.82) is 0 Å². The topological polar surface area (TPSA) is 73.8 Å². The smallest absolute Gasteiger partial charge is 0.227 e. The zero-order valence-electron chi connectivity index (χ0n) is 10.9. The zero-order valence-corrected chi connectivity index (χ0v) is 13.3. The Morgan fingerprint density at radius 2 is 2.19 bits per heavy atom. The lowest BCUT2D eigenvalue weighted by Gasteiger charge is -2.08. The second-order valence-corrected chi connectivity index (χ2v) is 5.87. The van der Waals surface area contributed by atoms with Gasteiger partial charge in [0.15, 0.2) is 11.0 Å². The van der Waals surface area contributed by atoms with Crippen LogP contribution in [0.4, 0.5) is 0 Å². The number of carbonyl (C=O) groups is 1. The van der Waals surface area contributed by atoms with E-state index in [1.165, 1.54) is 11.8 Å². The highest BCUT2D eigenvalue weighted by Crippen LogP contribution is 2.31. The molecule has 0 spiro atoms. The van der Waals surface area contributed by atoms with Crippen LogP contribution in [0.2, 0.25) is 10.0 Å². The van der Waals surface area contributed by atoms with Gasteiger partial charge in [0.25, 0.3) is 0 Å². The van der Waals surface area contributed by atoms with Crippen LogP contribution >= 0.6 is 35.0 Å². The summed E-state index contributed by atoms with van der Waals surface area (Å²) in [4.78, 5) is 10.9. The summed E-state index contributed by atoms with van der Waals surface area (Å²) in [5, 5.41) is 9.81. The number of carbonyl (C=O) groups excluding carboxylic acids is 1. The van der Waals surface area contributed by atoms with Crippen LogP contribution in [0.5, 0.6) is 0 Å². The normalized spacial score (nSPS) is 10.6. The molecule has 0 fully saturated rings. The first kappa shape index (κ1) is 15.9. The molecule has 0 aliphatic heterocycles. The molecular weight excluding hydrogens is 331 g/mol. The van der Waals surface area contributed by atoms with Gasteiger partial charge in [-0.2, -0.15) is 0 Å². The van der Waals surface area contributed by atoms with Gasteiger partial charge in [-0.3, -0.25) is 9.36 Å². The van der Waals surface area contributed by atoms with Gasteiger partial charge in [-0.1, -0.05) is 41.0 Å². The standard InChI is InChI=1S/C13H12Cl2N4OS/c1-2-5-19-12(9-4-3-8(14)6-10(9)15)17-18-13(19)21-7-11(16)20/h2-4,6H,1,5,7H2,(H2,16,20). The van der Waals surface area contributed by atoms with E-state index >= 15 is 0 Å². The minimum atomic E-state index is -0.417. The maximum atomic E-state index is 10.9. The summed E-state index contributed by atoms with van der Waals surface area (Å²) in [5.74, 6) is 0.298. The zero-order chi connectivity index (χ0) is 15.4. The SMILES string of the molecule is C=CCn1c(SCC(N)=O)nnc1-c1ccc(Cl)cc1Cl. The number of rotatable bonds is 6. The van der Waals surface area contributed by atoms with Crippen molar-refractivity contribution in [3.05, 3.63) is 40.9 Å². The third-order valence-electron chi connectivity index (χ3n) is 2.54. The molecule has 2 aromatic rings. The predicted molar refractivity (Wildman–Crippen MR) is 85.6 cm³/mol. The Hall–Kier alpha value is -1.50. The Kier molecular flexibility index (Phi) is 5.27. The van der Waals surface area contributed by atoms with E-state index in [0.29, 0.717) is 33.1 Å². The van der Waals surface area contributed by atoms with E-state index in [9.17, 15) is 4.79 Å². The fourth-order valence-corrected chi connectivity index (χ4v) is 2.87. The molecule has 1 amide bonds. The molecule has 0 unspecified atom stereocenters. The Morgan fingerprint density at radius 3 is 2.81 bits per heavy atom. The van der Waals surface area contributed by atoms with E-state index in [0.717, 1.165) is 0 Å². The number of nitrogens with zero attached hydrogens (tertiary/aromatic N) is 3. The van der Waals surface area contributed by atoms with Gasteiger partial charge in [0, 0.05) is 17.1 Å². The first-order valence-corrected chi connectivity index (χ1v) is 7.67. The summed E-state index contributed by atoms with van der Waals surface area (Å²) in [6.07, 6.45) is 1.71. The molecule has 0 bridgehead atoms. The molecule has 2 N–H and O–H groups in total. The van der Waals surface area contributed by atoms with E-state index in [1.54, 1.807) is 24.3 Å². The lowest BCUT2D eigenvalue weighted by Crippen LogP contribution is -2.13. The fourth-order valence-electron chi connectivity index (χ4n) is 1.69. The molecule has 2 rings (SSSR count). The summed E-state index contributed by atoms with van der Waals surface area (Å²) >= 11 is 13.3. The van der Waals surface area contributed by atoms with E-state index in [1.807, 2.05) is 4.57 Å². The van der Waals surface area contributed by atoms with Crippen molar-refractivity contribution < 1.29 is 4.79 Å². The maximum absolute atomic E-state index is 10.9. The van der Waals surface area contributed by atoms with Gasteiger partial charge in [-0.25, -0.2) is 0 Å². The lowest BCUT2D eigenvalue weighted by molar-refractivity contribution is -0.115. The Labute approximate surface area is 136 Å². The number of thioether (sulfide) groups is 1. The molecule has 1 aromatic heterocycles. The number of aromatic nitrogens is 3. The molecular formula is C13H12Cl2N4OS. The average Bonchev–Trinajstić information content (AvgIpc) is 2.80.